The van der Waals surface area contributed by atoms with E-state index in [2.05, 4.69) is 5.32 Å². The second kappa shape index (κ2) is 6.55. The fourth-order valence-electron chi connectivity index (χ4n) is 1.73. The van der Waals surface area contributed by atoms with E-state index < -0.39 is 0 Å². The van der Waals surface area contributed by atoms with Crippen LogP contribution in [-0.4, -0.2) is 30.8 Å². The van der Waals surface area contributed by atoms with Crippen LogP contribution in [0.3, 0.4) is 0 Å². The Balaban J connectivity index is 2.37. The molecule has 1 heterocycles. The lowest BCUT2D eigenvalue weighted by atomic mass is 10.0. The zero-order valence-corrected chi connectivity index (χ0v) is 10.9. The Kier molecular flexibility index (Phi) is 5.35. The summed E-state index contributed by atoms with van der Waals surface area (Å²) >= 11 is 0. The number of ether oxygens (including phenoxy) is 1. The Bertz CT molecular complexity index is 315. The quantitative estimate of drug-likeness (QED) is 0.695. The topological polar surface area (TPSA) is 62.2 Å². The molecule has 0 aromatic carbocycles. The van der Waals surface area contributed by atoms with Crippen LogP contribution < -0.4 is 5.32 Å². The number of nitrogens with one attached hydrogen (secondary N) is 2. The minimum Gasteiger partial charge on any atom is -0.386 e. The molecule has 0 bridgehead atoms. The van der Waals surface area contributed by atoms with Crippen molar-refractivity contribution in [3.63, 3.8) is 0 Å². The van der Waals surface area contributed by atoms with Gasteiger partial charge in [-0.05, 0) is 25.8 Å². The van der Waals surface area contributed by atoms with Crippen LogP contribution in [0.15, 0.2) is 11.8 Å². The summed E-state index contributed by atoms with van der Waals surface area (Å²) in [5, 5.41) is 10.8. The van der Waals surface area contributed by atoms with Crippen molar-refractivity contribution >= 4 is 11.5 Å². The first-order valence-electron chi connectivity index (χ1n) is 6.17. The molecule has 1 fully saturated rings. The highest BCUT2D eigenvalue weighted by atomic mass is 16.5. The average molecular weight is 238 g/mol. The van der Waals surface area contributed by atoms with E-state index in [1.807, 2.05) is 6.92 Å². The van der Waals surface area contributed by atoms with E-state index in [4.69, 9.17) is 10.1 Å². The maximum Gasteiger partial charge on any atom is 0.183 e. The molecule has 0 aromatic heterocycles. The van der Waals surface area contributed by atoms with Crippen molar-refractivity contribution in [2.75, 3.05) is 13.2 Å². The van der Waals surface area contributed by atoms with Gasteiger partial charge in [0, 0.05) is 24.8 Å². The van der Waals surface area contributed by atoms with Crippen LogP contribution in [0.2, 0.25) is 0 Å². The molecule has 0 amide bonds. The van der Waals surface area contributed by atoms with Crippen LogP contribution >= 0.6 is 0 Å². The van der Waals surface area contributed by atoms with Crippen molar-refractivity contribution < 1.29 is 9.53 Å². The van der Waals surface area contributed by atoms with Crippen LogP contribution in [0.1, 0.15) is 33.6 Å². The molecule has 96 valence electrons. The Morgan fingerprint density at radius 3 is 2.82 bits per heavy atom. The third-order valence-electron chi connectivity index (χ3n) is 2.78. The zero-order chi connectivity index (χ0) is 12.8. The van der Waals surface area contributed by atoms with E-state index in [1.54, 1.807) is 19.9 Å². The highest BCUT2D eigenvalue weighted by molar-refractivity contribution is 6.43. The molecule has 2 N–H and O–H groups in total. The fourth-order valence-corrected chi connectivity index (χ4v) is 1.73. The van der Waals surface area contributed by atoms with E-state index in [0.717, 1.165) is 31.7 Å². The number of carbonyl (C=O) groups excluding carboxylic acids is 1. The van der Waals surface area contributed by atoms with Gasteiger partial charge in [0.1, 0.15) is 0 Å². The first-order chi connectivity index (χ1) is 8.00. The van der Waals surface area contributed by atoms with Gasteiger partial charge in [0.15, 0.2) is 5.78 Å². The van der Waals surface area contributed by atoms with Gasteiger partial charge in [-0.15, -0.1) is 0 Å². The normalized spacial score (nSPS) is 20.7. The smallest absolute Gasteiger partial charge is 0.183 e. The molecule has 17 heavy (non-hydrogen) atoms. The van der Waals surface area contributed by atoms with Gasteiger partial charge in [0.2, 0.25) is 0 Å². The molecular formula is C13H22N2O2. The van der Waals surface area contributed by atoms with Gasteiger partial charge in [-0.3, -0.25) is 10.2 Å². The lowest BCUT2D eigenvalue weighted by Crippen LogP contribution is -2.26. The van der Waals surface area contributed by atoms with E-state index in [9.17, 15) is 4.79 Å². The lowest BCUT2D eigenvalue weighted by Gasteiger charge is -2.12. The number of carbonyl (C=O) groups is 1. The summed E-state index contributed by atoms with van der Waals surface area (Å²) in [5.74, 6) is -0.243. The maximum atomic E-state index is 11.5. The van der Waals surface area contributed by atoms with Gasteiger partial charge in [0.25, 0.3) is 0 Å². The lowest BCUT2D eigenvalue weighted by molar-refractivity contribution is -0.115. The van der Waals surface area contributed by atoms with Gasteiger partial charge < -0.3 is 10.1 Å². The second-order valence-corrected chi connectivity index (χ2v) is 4.78. The number of allylic oxidation sites excluding steroid dienone is 2. The summed E-state index contributed by atoms with van der Waals surface area (Å²) in [6.07, 6.45) is 4.07. The van der Waals surface area contributed by atoms with Crippen LogP contribution in [0.25, 0.3) is 0 Å². The Hall–Kier alpha value is -1.16. The van der Waals surface area contributed by atoms with E-state index in [0.29, 0.717) is 0 Å². The second-order valence-electron chi connectivity index (χ2n) is 4.78. The van der Waals surface area contributed by atoms with Crippen molar-refractivity contribution in [2.24, 2.45) is 5.92 Å². The molecule has 0 aromatic rings. The molecule has 0 aliphatic carbocycles. The van der Waals surface area contributed by atoms with Gasteiger partial charge in [-0.1, -0.05) is 13.8 Å². The molecular weight excluding hydrogens is 216 g/mol. The summed E-state index contributed by atoms with van der Waals surface area (Å²) in [4.78, 5) is 11.5. The monoisotopic (exact) mass is 238 g/mol. The van der Waals surface area contributed by atoms with Gasteiger partial charge in [-0.2, -0.15) is 0 Å². The molecule has 1 aliphatic rings. The first-order valence-corrected chi connectivity index (χ1v) is 6.17. The van der Waals surface area contributed by atoms with Crippen LogP contribution in [0, 0.1) is 11.3 Å². The highest BCUT2D eigenvalue weighted by Gasteiger charge is 2.15. The minimum atomic E-state index is -0.122. The minimum absolute atomic E-state index is 0.0670. The summed E-state index contributed by atoms with van der Waals surface area (Å²) in [6, 6.07) is 0. The molecule has 1 aliphatic heterocycles. The molecule has 4 nitrogen and oxygen atoms in total. The molecule has 1 atom stereocenters. The predicted octanol–water partition coefficient (Wildman–Crippen LogP) is 1.90. The van der Waals surface area contributed by atoms with Gasteiger partial charge in [0.05, 0.1) is 11.8 Å². The third-order valence-corrected chi connectivity index (χ3v) is 2.78. The van der Waals surface area contributed by atoms with E-state index >= 15 is 0 Å². The third kappa shape index (κ3) is 4.69. The van der Waals surface area contributed by atoms with Crippen LogP contribution in [0.4, 0.5) is 0 Å². The van der Waals surface area contributed by atoms with Crippen molar-refractivity contribution in [3.05, 3.63) is 11.8 Å². The van der Waals surface area contributed by atoms with Gasteiger partial charge in [-0.25, -0.2) is 0 Å². The van der Waals surface area contributed by atoms with Crippen molar-refractivity contribution in [1.82, 2.24) is 5.32 Å². The first kappa shape index (κ1) is 13.9. The summed E-state index contributed by atoms with van der Waals surface area (Å²) < 4.78 is 5.48. The summed E-state index contributed by atoms with van der Waals surface area (Å²) in [5.41, 5.74) is 0.914. The average Bonchev–Trinajstić information content (AvgIpc) is 2.77. The van der Waals surface area contributed by atoms with Crippen molar-refractivity contribution in [2.45, 2.75) is 39.7 Å². The Morgan fingerprint density at radius 1 is 1.59 bits per heavy atom. The number of ketones is 1. The molecule has 1 unspecified atom stereocenters. The highest BCUT2D eigenvalue weighted by Crippen LogP contribution is 2.11. The van der Waals surface area contributed by atoms with E-state index in [-0.39, 0.29) is 23.5 Å². The molecule has 0 radical (unpaired) electrons. The maximum absolute atomic E-state index is 11.5. The largest absolute Gasteiger partial charge is 0.386 e. The van der Waals surface area contributed by atoms with E-state index in [1.165, 1.54) is 0 Å². The predicted molar refractivity (Wildman–Crippen MR) is 68.3 cm³/mol. The molecule has 4 heteroatoms. The van der Waals surface area contributed by atoms with Crippen molar-refractivity contribution in [1.29, 1.82) is 5.41 Å². The molecule has 1 saturated heterocycles. The number of hydrogen-bond acceptors (Lipinski definition) is 4. The number of hydrogen-bond donors (Lipinski definition) is 2. The molecule has 1 rings (SSSR count). The summed E-state index contributed by atoms with van der Waals surface area (Å²) in [7, 11) is 0. The number of rotatable bonds is 6. The SMILES string of the molecule is C/C(=C/C(=N)C(=O)C(C)C)NCC1CCCO1. The number of Topliss-reactive ketones (excluding diaryl/α,β-unsaturated/α-hetero) is 1. The van der Waals surface area contributed by atoms with Crippen LogP contribution in [-0.2, 0) is 9.53 Å². The fraction of sp³-hybridized carbons (Fsp3) is 0.692. The van der Waals surface area contributed by atoms with Gasteiger partial charge >= 0.3 is 0 Å². The summed E-state index contributed by atoms with van der Waals surface area (Å²) in [6.45, 7) is 7.08. The molecule has 0 spiro atoms. The Labute approximate surface area is 103 Å². The van der Waals surface area contributed by atoms with Crippen molar-refractivity contribution in [3.8, 4) is 0 Å². The Morgan fingerprint density at radius 2 is 2.29 bits per heavy atom. The molecule has 0 saturated carbocycles. The zero-order valence-electron chi connectivity index (χ0n) is 10.9. The standard InChI is InChI=1S/C13H22N2O2/c1-9(2)13(16)12(14)7-10(3)15-8-11-5-4-6-17-11/h7,9,11,14-15H,4-6,8H2,1-3H3/b10-7-,14-12?. The van der Waals surface area contributed by atoms with Crippen LogP contribution in [0.5, 0.6) is 0 Å².